The molecule has 0 spiro atoms. The van der Waals surface area contributed by atoms with Gasteiger partial charge in [0, 0.05) is 12.2 Å². The van der Waals surface area contributed by atoms with Gasteiger partial charge in [0.05, 0.1) is 11.6 Å². The first-order chi connectivity index (χ1) is 8.28. The topological polar surface area (TPSA) is 35.8 Å². The van der Waals surface area contributed by atoms with Crippen LogP contribution in [0, 0.1) is 18.3 Å². The van der Waals surface area contributed by atoms with Crippen molar-refractivity contribution in [1.29, 1.82) is 5.26 Å². The summed E-state index contributed by atoms with van der Waals surface area (Å²) in [6.45, 7) is 2.86. The molecule has 0 heterocycles. The maximum absolute atomic E-state index is 8.81. The number of hydrogen-bond acceptors (Lipinski definition) is 2. The molecule has 0 bridgehead atoms. The lowest BCUT2D eigenvalue weighted by Crippen LogP contribution is -1.99. The van der Waals surface area contributed by atoms with Gasteiger partial charge in [0.1, 0.15) is 0 Å². The Bertz CT molecular complexity index is 553. The van der Waals surface area contributed by atoms with Gasteiger partial charge in [0.25, 0.3) is 0 Å². The van der Waals surface area contributed by atoms with E-state index in [4.69, 9.17) is 5.26 Å². The molecule has 0 aliphatic rings. The smallest absolute Gasteiger partial charge is 0.0992 e. The van der Waals surface area contributed by atoms with Gasteiger partial charge >= 0.3 is 0 Å². The van der Waals surface area contributed by atoms with Crippen LogP contribution in [0.1, 0.15) is 16.7 Å². The molecule has 0 saturated heterocycles. The monoisotopic (exact) mass is 222 g/mol. The van der Waals surface area contributed by atoms with E-state index in [-0.39, 0.29) is 0 Å². The second-order valence-electron chi connectivity index (χ2n) is 4.04. The fraction of sp³-hybridized carbons (Fsp3) is 0.133. The lowest BCUT2D eigenvalue weighted by Gasteiger charge is -2.07. The lowest BCUT2D eigenvalue weighted by molar-refractivity contribution is 1.14. The summed E-state index contributed by atoms with van der Waals surface area (Å²) in [6, 6.07) is 18.0. The van der Waals surface area contributed by atoms with Crippen LogP contribution in [-0.2, 0) is 6.54 Å². The molecule has 1 N–H and O–H groups in total. The lowest BCUT2D eigenvalue weighted by atomic mass is 10.1. The molecule has 84 valence electrons. The summed E-state index contributed by atoms with van der Waals surface area (Å²) < 4.78 is 0. The van der Waals surface area contributed by atoms with E-state index < -0.39 is 0 Å². The van der Waals surface area contributed by atoms with E-state index >= 15 is 0 Å². The highest BCUT2D eigenvalue weighted by Crippen LogP contribution is 2.12. The van der Waals surface area contributed by atoms with E-state index in [0.717, 1.165) is 12.2 Å². The quantitative estimate of drug-likeness (QED) is 0.863. The van der Waals surface area contributed by atoms with Gasteiger partial charge in [-0.3, -0.25) is 0 Å². The van der Waals surface area contributed by atoms with Crippen molar-refractivity contribution in [3.63, 3.8) is 0 Å². The first-order valence-corrected chi connectivity index (χ1v) is 5.57. The highest BCUT2D eigenvalue weighted by molar-refractivity contribution is 5.49. The average Bonchev–Trinajstić information content (AvgIpc) is 2.37. The minimum Gasteiger partial charge on any atom is -0.381 e. The number of hydrogen-bond donors (Lipinski definition) is 1. The second kappa shape index (κ2) is 5.18. The Kier molecular flexibility index (Phi) is 3.42. The molecule has 0 unspecified atom stereocenters. The van der Waals surface area contributed by atoms with Crippen LogP contribution < -0.4 is 5.32 Å². The maximum atomic E-state index is 8.81. The third-order valence-electron chi connectivity index (χ3n) is 2.57. The van der Waals surface area contributed by atoms with Crippen LogP contribution in [0.2, 0.25) is 0 Å². The van der Waals surface area contributed by atoms with Crippen molar-refractivity contribution in [2.75, 3.05) is 5.32 Å². The number of nitrogens with one attached hydrogen (secondary N) is 1. The molecular weight excluding hydrogens is 208 g/mol. The molecule has 0 amide bonds. The molecule has 0 radical (unpaired) electrons. The van der Waals surface area contributed by atoms with Gasteiger partial charge < -0.3 is 5.32 Å². The van der Waals surface area contributed by atoms with E-state index in [1.165, 1.54) is 11.1 Å². The maximum Gasteiger partial charge on any atom is 0.0992 e. The molecule has 0 aliphatic heterocycles. The molecule has 2 rings (SSSR count). The van der Waals surface area contributed by atoms with Crippen molar-refractivity contribution < 1.29 is 0 Å². The second-order valence-corrected chi connectivity index (χ2v) is 4.04. The van der Waals surface area contributed by atoms with Crippen molar-refractivity contribution in [3.05, 3.63) is 65.2 Å². The Morgan fingerprint density at radius 2 is 1.94 bits per heavy atom. The molecular formula is C15H14N2. The van der Waals surface area contributed by atoms with Gasteiger partial charge in [0.15, 0.2) is 0 Å². The fourth-order valence-electron chi connectivity index (χ4n) is 1.72. The van der Waals surface area contributed by atoms with E-state index in [2.05, 4.69) is 42.6 Å². The molecule has 2 aromatic rings. The van der Waals surface area contributed by atoms with Crippen LogP contribution in [0.5, 0.6) is 0 Å². The Hall–Kier alpha value is -2.27. The van der Waals surface area contributed by atoms with E-state index in [1.807, 2.05) is 18.2 Å². The minimum atomic E-state index is 0.680. The van der Waals surface area contributed by atoms with Crippen molar-refractivity contribution in [1.82, 2.24) is 0 Å². The summed E-state index contributed by atoms with van der Waals surface area (Å²) in [4.78, 5) is 0. The molecule has 17 heavy (non-hydrogen) atoms. The average molecular weight is 222 g/mol. The molecule has 0 aliphatic carbocycles. The number of nitriles is 1. The molecule has 0 fully saturated rings. The predicted octanol–water partition coefficient (Wildman–Crippen LogP) is 3.48. The van der Waals surface area contributed by atoms with Crippen LogP contribution in [0.4, 0.5) is 5.69 Å². The Morgan fingerprint density at radius 1 is 1.12 bits per heavy atom. The normalized spacial score (nSPS) is 9.65. The summed E-state index contributed by atoms with van der Waals surface area (Å²) >= 11 is 0. The molecule has 0 aromatic heterocycles. The molecule has 2 heteroatoms. The standard InChI is InChI=1S/C15H14N2/c1-12-4-2-6-14(8-12)11-17-15-7-3-5-13(9-15)10-16/h2-9,17H,11H2,1H3. The number of aryl methyl sites for hydroxylation is 1. The zero-order valence-electron chi connectivity index (χ0n) is 9.77. The molecule has 2 nitrogen and oxygen atoms in total. The Morgan fingerprint density at radius 3 is 2.71 bits per heavy atom. The third kappa shape index (κ3) is 3.09. The summed E-state index contributed by atoms with van der Waals surface area (Å²) in [5.74, 6) is 0. The van der Waals surface area contributed by atoms with Crippen LogP contribution in [0.25, 0.3) is 0 Å². The van der Waals surface area contributed by atoms with Crippen LogP contribution in [0.3, 0.4) is 0 Å². The van der Waals surface area contributed by atoms with Crippen molar-refractivity contribution in [3.8, 4) is 6.07 Å². The van der Waals surface area contributed by atoms with E-state index in [0.29, 0.717) is 5.56 Å². The summed E-state index contributed by atoms with van der Waals surface area (Å²) in [5.41, 5.74) is 4.16. The highest BCUT2D eigenvalue weighted by atomic mass is 14.9. The summed E-state index contributed by atoms with van der Waals surface area (Å²) in [5, 5.41) is 12.1. The Balaban J connectivity index is 2.05. The largest absolute Gasteiger partial charge is 0.381 e. The number of nitrogens with zero attached hydrogens (tertiary/aromatic N) is 1. The van der Waals surface area contributed by atoms with Gasteiger partial charge in [-0.05, 0) is 30.7 Å². The van der Waals surface area contributed by atoms with Gasteiger partial charge in [0.2, 0.25) is 0 Å². The highest BCUT2D eigenvalue weighted by Gasteiger charge is 1.96. The third-order valence-corrected chi connectivity index (χ3v) is 2.57. The van der Waals surface area contributed by atoms with Gasteiger partial charge in [-0.2, -0.15) is 5.26 Å². The molecule has 0 atom stereocenters. The predicted molar refractivity (Wildman–Crippen MR) is 69.7 cm³/mol. The molecule has 2 aromatic carbocycles. The minimum absolute atomic E-state index is 0.680. The van der Waals surface area contributed by atoms with Crippen LogP contribution in [0.15, 0.2) is 48.5 Å². The zero-order chi connectivity index (χ0) is 12.1. The number of anilines is 1. The van der Waals surface area contributed by atoms with E-state index in [9.17, 15) is 0 Å². The SMILES string of the molecule is Cc1cccc(CNc2cccc(C#N)c2)c1. The number of rotatable bonds is 3. The van der Waals surface area contributed by atoms with Crippen LogP contribution in [-0.4, -0.2) is 0 Å². The number of benzene rings is 2. The van der Waals surface area contributed by atoms with Crippen molar-refractivity contribution in [2.24, 2.45) is 0 Å². The Labute approximate surface area is 102 Å². The van der Waals surface area contributed by atoms with Gasteiger partial charge in [-0.1, -0.05) is 35.9 Å². The first kappa shape index (κ1) is 11.2. The van der Waals surface area contributed by atoms with Crippen molar-refractivity contribution >= 4 is 5.69 Å². The van der Waals surface area contributed by atoms with Gasteiger partial charge in [-0.25, -0.2) is 0 Å². The van der Waals surface area contributed by atoms with E-state index in [1.54, 1.807) is 6.07 Å². The summed E-state index contributed by atoms with van der Waals surface area (Å²) in [6.07, 6.45) is 0. The zero-order valence-corrected chi connectivity index (χ0v) is 9.77. The summed E-state index contributed by atoms with van der Waals surface area (Å²) in [7, 11) is 0. The van der Waals surface area contributed by atoms with Gasteiger partial charge in [-0.15, -0.1) is 0 Å². The van der Waals surface area contributed by atoms with Crippen molar-refractivity contribution in [2.45, 2.75) is 13.5 Å². The van der Waals surface area contributed by atoms with Crippen LogP contribution >= 0.6 is 0 Å². The fourth-order valence-corrected chi connectivity index (χ4v) is 1.72. The molecule has 0 saturated carbocycles. The first-order valence-electron chi connectivity index (χ1n) is 5.57.